The molecule has 5 aromatic rings. The monoisotopic (exact) mass is 816 g/mol. The van der Waals surface area contributed by atoms with Crippen LogP contribution in [0.25, 0.3) is 0 Å². The normalized spacial score (nSPS) is 12.7. The first kappa shape index (κ1) is 44.6. The Hall–Kier alpha value is -5.46. The molecule has 0 fully saturated rings. The van der Waals surface area contributed by atoms with E-state index in [1.165, 1.54) is 0 Å². The van der Waals surface area contributed by atoms with Gasteiger partial charge in [-0.25, -0.2) is 4.79 Å². The number of carbonyl (C=O) groups excluding carboxylic acids is 2. The number of ether oxygens (including phenoxy) is 1. The van der Waals surface area contributed by atoms with Crippen LogP contribution in [0.4, 0.5) is 4.79 Å². The number of hydrogen-bond acceptors (Lipinski definition) is 7. The summed E-state index contributed by atoms with van der Waals surface area (Å²) < 4.78 is 12.7. The molecule has 0 saturated carbocycles. The first-order chi connectivity index (χ1) is 28.2. The number of amides is 3. The minimum atomic E-state index is -2.14. The van der Waals surface area contributed by atoms with Gasteiger partial charge < -0.3 is 40.6 Å². The fourth-order valence-corrected chi connectivity index (χ4v) is 7.57. The maximum absolute atomic E-state index is 13.0. The number of benzene rings is 5. The van der Waals surface area contributed by atoms with Crippen LogP contribution in [0.1, 0.15) is 72.7 Å². The molecule has 6 N–H and O–H groups in total. The minimum Gasteiger partial charge on any atom is -0.508 e. The molecular formula is C48H60N4O6Si. The molecule has 312 valence electrons. The molecule has 5 rings (SSSR count). The second-order valence-electron chi connectivity index (χ2n) is 16.6. The van der Waals surface area contributed by atoms with E-state index in [9.17, 15) is 19.8 Å². The summed E-state index contributed by atoms with van der Waals surface area (Å²) in [6.45, 7) is 14.7. The third kappa shape index (κ3) is 14.1. The van der Waals surface area contributed by atoms with Crippen LogP contribution in [0.2, 0.25) is 18.1 Å². The van der Waals surface area contributed by atoms with Crippen molar-refractivity contribution in [2.24, 2.45) is 0 Å². The molecule has 3 amide bonds. The predicted molar refractivity (Wildman–Crippen MR) is 237 cm³/mol. The summed E-state index contributed by atoms with van der Waals surface area (Å²) in [7, 11) is -2.14. The summed E-state index contributed by atoms with van der Waals surface area (Å²) in [4.78, 5) is 25.5. The van der Waals surface area contributed by atoms with Crippen LogP contribution >= 0.6 is 0 Å². The number of aliphatic hydroxyl groups excluding tert-OH is 1. The van der Waals surface area contributed by atoms with E-state index in [1.807, 2.05) is 103 Å². The Morgan fingerprint density at radius 2 is 1.31 bits per heavy atom. The minimum absolute atomic E-state index is 0.0132. The lowest BCUT2D eigenvalue weighted by Crippen LogP contribution is -2.44. The van der Waals surface area contributed by atoms with Crippen LogP contribution < -0.4 is 26.0 Å². The molecule has 5 aromatic carbocycles. The third-order valence-electron chi connectivity index (χ3n) is 10.7. The molecule has 0 bridgehead atoms. The smallest absolute Gasteiger partial charge is 0.315 e. The Kier molecular flexibility index (Phi) is 15.9. The van der Waals surface area contributed by atoms with Crippen LogP contribution in [0.15, 0.2) is 121 Å². The number of para-hydroxylation sites is 1. The van der Waals surface area contributed by atoms with E-state index in [2.05, 4.69) is 74.2 Å². The van der Waals surface area contributed by atoms with Crippen molar-refractivity contribution in [1.29, 1.82) is 0 Å². The summed E-state index contributed by atoms with van der Waals surface area (Å²) in [5, 5.41) is 32.5. The largest absolute Gasteiger partial charge is 0.508 e. The molecule has 0 aromatic heterocycles. The third-order valence-corrected chi connectivity index (χ3v) is 15.2. The van der Waals surface area contributed by atoms with Gasteiger partial charge in [0.1, 0.15) is 17.2 Å². The zero-order chi connectivity index (χ0) is 42.4. The number of nitrogens with one attached hydrogen (secondary N) is 4. The van der Waals surface area contributed by atoms with Crippen molar-refractivity contribution in [3.8, 4) is 17.2 Å². The van der Waals surface area contributed by atoms with E-state index in [0.29, 0.717) is 37.5 Å². The molecule has 0 radical (unpaired) electrons. The van der Waals surface area contributed by atoms with Crippen molar-refractivity contribution >= 4 is 20.3 Å². The van der Waals surface area contributed by atoms with Gasteiger partial charge in [0.15, 0.2) is 8.32 Å². The molecular weight excluding hydrogens is 757 g/mol. The van der Waals surface area contributed by atoms with Crippen LogP contribution in [-0.2, 0) is 48.3 Å². The molecule has 0 unspecified atom stereocenters. The standard InChI is InChI=1S/C48H60N4O6Si/c1-34(49-32-45(58-59(5,6)48(2,3)4)40-22-23-44(54)41(28-40)33-53)24-37-12-10-13-38(25-37)27-46(55)50-29-35-18-20-36(21-19-35)30-51-47(56)52-31-39-14-11-17-43(26-39)57-42-15-8-7-9-16-42/h7-23,25-26,28,34,45,49,53-54H,24,27,29-33H2,1-6H3,(H,50,55)(H2,51,52,56)/t34-,45-/m1/s1. The van der Waals surface area contributed by atoms with Crippen molar-refractivity contribution in [2.45, 2.75) is 97.1 Å². The van der Waals surface area contributed by atoms with E-state index in [-0.39, 0.29) is 47.9 Å². The second kappa shape index (κ2) is 21.0. The Balaban J connectivity index is 1.04. The van der Waals surface area contributed by atoms with Gasteiger partial charge in [-0.15, -0.1) is 0 Å². The van der Waals surface area contributed by atoms with E-state index in [0.717, 1.165) is 45.6 Å². The lowest BCUT2D eigenvalue weighted by atomic mass is 10.0. The maximum atomic E-state index is 13.0. The first-order valence-electron chi connectivity index (χ1n) is 20.3. The topological polar surface area (TPSA) is 141 Å². The molecule has 10 nitrogen and oxygen atoms in total. The van der Waals surface area contributed by atoms with Gasteiger partial charge in [0.25, 0.3) is 0 Å². The van der Waals surface area contributed by atoms with Gasteiger partial charge >= 0.3 is 6.03 Å². The van der Waals surface area contributed by atoms with Gasteiger partial charge in [-0.3, -0.25) is 4.79 Å². The summed E-state index contributed by atoms with van der Waals surface area (Å²) in [5.74, 6) is 1.47. The predicted octanol–water partition coefficient (Wildman–Crippen LogP) is 8.82. The summed E-state index contributed by atoms with van der Waals surface area (Å²) in [5.41, 5.74) is 6.31. The lowest BCUT2D eigenvalue weighted by molar-refractivity contribution is -0.120. The Morgan fingerprint density at radius 1 is 0.695 bits per heavy atom. The van der Waals surface area contributed by atoms with Gasteiger partial charge in [0.05, 0.1) is 19.1 Å². The van der Waals surface area contributed by atoms with E-state index < -0.39 is 8.32 Å². The molecule has 0 heterocycles. The molecule has 59 heavy (non-hydrogen) atoms. The molecule has 0 aliphatic carbocycles. The van der Waals surface area contributed by atoms with Gasteiger partial charge in [-0.1, -0.05) is 106 Å². The number of aromatic hydroxyl groups is 1. The van der Waals surface area contributed by atoms with Crippen molar-refractivity contribution in [3.05, 3.63) is 160 Å². The molecule has 0 aliphatic rings. The molecule has 11 heteroatoms. The van der Waals surface area contributed by atoms with Crippen molar-refractivity contribution in [3.63, 3.8) is 0 Å². The van der Waals surface area contributed by atoms with Gasteiger partial charge in [-0.05, 0) is 101 Å². The fraction of sp³-hybridized carbons (Fsp3) is 0.333. The van der Waals surface area contributed by atoms with Crippen molar-refractivity contribution in [2.75, 3.05) is 6.54 Å². The highest BCUT2D eigenvalue weighted by atomic mass is 28.4. The highest BCUT2D eigenvalue weighted by Gasteiger charge is 2.39. The average Bonchev–Trinajstić information content (AvgIpc) is 3.21. The average molecular weight is 817 g/mol. The van der Waals surface area contributed by atoms with Crippen molar-refractivity contribution in [1.82, 2.24) is 21.3 Å². The summed E-state index contributed by atoms with van der Waals surface area (Å²) in [6, 6.07) is 38.3. The highest BCUT2D eigenvalue weighted by Crippen LogP contribution is 2.40. The number of hydrogen-bond donors (Lipinski definition) is 6. The summed E-state index contributed by atoms with van der Waals surface area (Å²) >= 11 is 0. The number of carbonyl (C=O) groups is 2. The Labute approximate surface area is 350 Å². The van der Waals surface area contributed by atoms with Crippen molar-refractivity contribution < 1.29 is 29.0 Å². The zero-order valence-electron chi connectivity index (χ0n) is 35.2. The number of urea groups is 1. The maximum Gasteiger partial charge on any atom is 0.315 e. The number of rotatable bonds is 19. The molecule has 0 aliphatic heterocycles. The van der Waals surface area contributed by atoms with E-state index in [4.69, 9.17) is 9.16 Å². The first-order valence-corrected chi connectivity index (χ1v) is 23.2. The quantitative estimate of drug-likeness (QED) is 0.0458. The lowest BCUT2D eigenvalue weighted by Gasteiger charge is -2.40. The SMILES string of the molecule is C[C@H](Cc1cccc(CC(=O)NCc2ccc(CNC(=O)NCc3cccc(Oc4ccccc4)c3)cc2)c1)NC[C@@H](O[Si](C)(C)C(C)(C)C)c1ccc(O)c(CO)c1. The van der Waals surface area contributed by atoms with Crippen LogP contribution in [0.3, 0.4) is 0 Å². The molecule has 0 spiro atoms. The molecule has 2 atom stereocenters. The Bertz CT molecular complexity index is 2120. The van der Waals surface area contributed by atoms with Crippen LogP contribution in [0, 0.1) is 0 Å². The molecule has 0 saturated heterocycles. The second-order valence-corrected chi connectivity index (χ2v) is 21.4. The van der Waals surface area contributed by atoms with Gasteiger partial charge in [-0.2, -0.15) is 0 Å². The van der Waals surface area contributed by atoms with Gasteiger partial charge in [0, 0.05) is 37.8 Å². The van der Waals surface area contributed by atoms with Crippen LogP contribution in [0.5, 0.6) is 17.2 Å². The Morgan fingerprint density at radius 3 is 1.98 bits per heavy atom. The van der Waals surface area contributed by atoms with Crippen LogP contribution in [-0.4, -0.2) is 43.1 Å². The number of aliphatic hydroxyl groups is 1. The fourth-order valence-electron chi connectivity index (χ4n) is 6.29. The highest BCUT2D eigenvalue weighted by molar-refractivity contribution is 6.74. The number of phenols is 1. The van der Waals surface area contributed by atoms with E-state index in [1.54, 1.807) is 6.07 Å². The van der Waals surface area contributed by atoms with Gasteiger partial charge in [0.2, 0.25) is 5.91 Å². The van der Waals surface area contributed by atoms with E-state index >= 15 is 0 Å². The zero-order valence-corrected chi connectivity index (χ0v) is 36.2. The summed E-state index contributed by atoms with van der Waals surface area (Å²) in [6.07, 6.45) is 0.787.